The minimum atomic E-state index is 0.467. The lowest BCUT2D eigenvalue weighted by Crippen LogP contribution is -2.06. The van der Waals surface area contributed by atoms with Gasteiger partial charge in [-0.05, 0) is 36.2 Å². The number of nitrogen functional groups attached to an aromatic ring is 1. The van der Waals surface area contributed by atoms with Crippen molar-refractivity contribution in [3.05, 3.63) is 48.0 Å². The number of ether oxygens (including phenoxy) is 1. The molecule has 23 heavy (non-hydrogen) atoms. The Hall–Kier alpha value is -2.40. The first-order valence-corrected chi connectivity index (χ1v) is 8.41. The molecular formula is C18H19N3OS. The third-order valence-electron chi connectivity index (χ3n) is 3.26. The highest BCUT2D eigenvalue weighted by Gasteiger charge is 2.10. The molecule has 0 saturated heterocycles. The van der Waals surface area contributed by atoms with Crippen molar-refractivity contribution in [2.75, 3.05) is 12.3 Å². The molecule has 0 spiro atoms. The van der Waals surface area contributed by atoms with E-state index in [2.05, 4.69) is 23.8 Å². The van der Waals surface area contributed by atoms with Crippen LogP contribution in [0.2, 0.25) is 0 Å². The second kappa shape index (κ2) is 6.79. The molecule has 3 rings (SSSR count). The summed E-state index contributed by atoms with van der Waals surface area (Å²) in [4.78, 5) is 8.98. The van der Waals surface area contributed by atoms with Gasteiger partial charge in [0.2, 0.25) is 0 Å². The van der Waals surface area contributed by atoms with Crippen molar-refractivity contribution in [2.24, 2.45) is 5.92 Å². The molecular weight excluding hydrogens is 306 g/mol. The highest BCUT2D eigenvalue weighted by molar-refractivity contribution is 7.13. The monoisotopic (exact) mass is 325 g/mol. The molecule has 2 N–H and O–H groups in total. The van der Waals surface area contributed by atoms with Crippen molar-refractivity contribution in [1.82, 2.24) is 9.97 Å². The van der Waals surface area contributed by atoms with Crippen LogP contribution in [0.3, 0.4) is 0 Å². The van der Waals surface area contributed by atoms with Gasteiger partial charge in [-0.1, -0.05) is 19.9 Å². The first-order valence-electron chi connectivity index (χ1n) is 7.53. The molecule has 2 heterocycles. The maximum absolute atomic E-state index is 6.10. The Morgan fingerprint density at radius 2 is 2.04 bits per heavy atom. The fourth-order valence-electron chi connectivity index (χ4n) is 2.11. The smallest absolute Gasteiger partial charge is 0.142 e. The number of benzene rings is 1. The highest BCUT2D eigenvalue weighted by Crippen LogP contribution is 2.32. The second-order valence-electron chi connectivity index (χ2n) is 5.71. The molecule has 2 aromatic heterocycles. The van der Waals surface area contributed by atoms with E-state index in [1.54, 1.807) is 17.5 Å². The summed E-state index contributed by atoms with van der Waals surface area (Å²) in [6, 6.07) is 11.6. The molecule has 5 heteroatoms. The van der Waals surface area contributed by atoms with E-state index in [0.717, 1.165) is 27.7 Å². The third-order valence-corrected chi connectivity index (χ3v) is 4.15. The molecule has 0 fully saturated rings. The Morgan fingerprint density at radius 1 is 1.17 bits per heavy atom. The maximum Gasteiger partial charge on any atom is 0.142 e. The number of rotatable bonds is 5. The molecule has 0 aliphatic rings. The molecule has 118 valence electrons. The zero-order chi connectivity index (χ0) is 16.2. The number of pyridine rings is 1. The summed E-state index contributed by atoms with van der Waals surface area (Å²) in [7, 11) is 0. The number of thiazole rings is 1. The Balaban J connectivity index is 1.82. The van der Waals surface area contributed by atoms with Gasteiger partial charge in [-0.3, -0.25) is 4.98 Å². The van der Waals surface area contributed by atoms with Gasteiger partial charge in [0.15, 0.2) is 0 Å². The van der Waals surface area contributed by atoms with Crippen molar-refractivity contribution >= 4 is 17.0 Å². The van der Waals surface area contributed by atoms with Crippen LogP contribution in [0.5, 0.6) is 5.75 Å². The molecule has 0 amide bonds. The van der Waals surface area contributed by atoms with Gasteiger partial charge < -0.3 is 10.5 Å². The van der Waals surface area contributed by atoms with E-state index < -0.39 is 0 Å². The highest BCUT2D eigenvalue weighted by atomic mass is 32.1. The van der Waals surface area contributed by atoms with E-state index in [9.17, 15) is 0 Å². The zero-order valence-electron chi connectivity index (χ0n) is 13.2. The van der Waals surface area contributed by atoms with Crippen LogP contribution < -0.4 is 10.5 Å². The number of hydrogen-bond acceptors (Lipinski definition) is 5. The molecule has 0 saturated carbocycles. The van der Waals surface area contributed by atoms with E-state index in [4.69, 9.17) is 10.5 Å². The van der Waals surface area contributed by atoms with Crippen LogP contribution in [0.1, 0.15) is 13.8 Å². The summed E-state index contributed by atoms with van der Waals surface area (Å²) in [5.74, 6) is 1.19. The number of hydrogen-bond donors (Lipinski definition) is 1. The lowest BCUT2D eigenvalue weighted by molar-refractivity contribution is 0.272. The van der Waals surface area contributed by atoms with Crippen molar-refractivity contribution in [3.63, 3.8) is 0 Å². The Labute approximate surface area is 140 Å². The molecule has 3 aromatic rings. The lowest BCUT2D eigenvalue weighted by Gasteiger charge is -2.11. The average molecular weight is 325 g/mol. The minimum Gasteiger partial charge on any atom is -0.491 e. The van der Waals surface area contributed by atoms with Gasteiger partial charge in [-0.15, -0.1) is 11.3 Å². The van der Waals surface area contributed by atoms with E-state index >= 15 is 0 Å². The van der Waals surface area contributed by atoms with E-state index in [1.165, 1.54) is 0 Å². The van der Waals surface area contributed by atoms with Crippen molar-refractivity contribution in [1.29, 1.82) is 0 Å². The first kappa shape index (κ1) is 15.5. The van der Waals surface area contributed by atoms with Crippen LogP contribution in [-0.4, -0.2) is 16.6 Å². The van der Waals surface area contributed by atoms with Crippen LogP contribution >= 0.6 is 11.3 Å². The van der Waals surface area contributed by atoms with Gasteiger partial charge in [0, 0.05) is 17.1 Å². The topological polar surface area (TPSA) is 61.0 Å². The van der Waals surface area contributed by atoms with Gasteiger partial charge in [0.05, 0.1) is 18.0 Å². The van der Waals surface area contributed by atoms with Gasteiger partial charge in [0.1, 0.15) is 16.5 Å². The summed E-state index contributed by atoms with van der Waals surface area (Å²) in [6.45, 7) is 4.88. The lowest BCUT2D eigenvalue weighted by atomic mass is 10.2. The van der Waals surface area contributed by atoms with Crippen LogP contribution in [0, 0.1) is 5.92 Å². The van der Waals surface area contributed by atoms with E-state index in [0.29, 0.717) is 18.2 Å². The molecule has 0 aliphatic carbocycles. The molecule has 1 aromatic carbocycles. The molecule has 0 unspecified atom stereocenters. The number of aromatic nitrogens is 2. The normalized spacial score (nSPS) is 10.9. The largest absolute Gasteiger partial charge is 0.491 e. The average Bonchev–Trinajstić information content (AvgIpc) is 3.04. The quantitative estimate of drug-likeness (QED) is 0.702. The molecule has 0 bridgehead atoms. The van der Waals surface area contributed by atoms with Gasteiger partial charge in [-0.25, -0.2) is 4.98 Å². The first-order chi connectivity index (χ1) is 11.1. The van der Waals surface area contributed by atoms with Crippen LogP contribution in [0.4, 0.5) is 5.69 Å². The fourth-order valence-corrected chi connectivity index (χ4v) is 2.92. The fraction of sp³-hybridized carbons (Fsp3) is 0.222. The predicted octanol–water partition coefficient (Wildman–Crippen LogP) is 4.49. The van der Waals surface area contributed by atoms with Gasteiger partial charge >= 0.3 is 0 Å². The van der Waals surface area contributed by atoms with Gasteiger partial charge in [-0.2, -0.15) is 0 Å². The van der Waals surface area contributed by atoms with Crippen molar-refractivity contribution < 1.29 is 4.74 Å². The summed E-state index contributed by atoms with van der Waals surface area (Å²) in [5, 5.41) is 2.93. The summed E-state index contributed by atoms with van der Waals surface area (Å²) in [5.41, 5.74) is 9.49. The molecule has 4 nitrogen and oxygen atoms in total. The maximum atomic E-state index is 6.10. The van der Waals surface area contributed by atoms with Crippen LogP contribution in [0.25, 0.3) is 22.0 Å². The third kappa shape index (κ3) is 3.68. The van der Waals surface area contributed by atoms with Crippen molar-refractivity contribution in [2.45, 2.75) is 13.8 Å². The summed E-state index contributed by atoms with van der Waals surface area (Å²) >= 11 is 1.58. The molecule has 0 atom stereocenters. The van der Waals surface area contributed by atoms with Crippen LogP contribution in [-0.2, 0) is 0 Å². The Bertz CT molecular complexity index is 784. The standard InChI is InChI=1S/C18H19N3OS/c1-12(2)10-22-17-7-6-13(9-14(17)19)18-21-16(11-23-18)15-5-3-4-8-20-15/h3-9,11-12H,10,19H2,1-2H3. The number of anilines is 1. The SMILES string of the molecule is CC(C)COc1ccc(-c2nc(-c3ccccn3)cs2)cc1N. The van der Waals surface area contributed by atoms with Crippen molar-refractivity contribution in [3.8, 4) is 27.7 Å². The minimum absolute atomic E-state index is 0.467. The summed E-state index contributed by atoms with van der Waals surface area (Å²) < 4.78 is 5.71. The predicted molar refractivity (Wildman–Crippen MR) is 95.5 cm³/mol. The second-order valence-corrected chi connectivity index (χ2v) is 6.57. The van der Waals surface area contributed by atoms with Crippen LogP contribution in [0.15, 0.2) is 48.0 Å². The zero-order valence-corrected chi connectivity index (χ0v) is 14.0. The van der Waals surface area contributed by atoms with Gasteiger partial charge in [0.25, 0.3) is 0 Å². The Kier molecular flexibility index (Phi) is 4.57. The number of nitrogens with zero attached hydrogens (tertiary/aromatic N) is 2. The van der Waals surface area contributed by atoms with E-state index in [-0.39, 0.29) is 0 Å². The van der Waals surface area contributed by atoms with E-state index in [1.807, 2.05) is 41.8 Å². The molecule has 0 aliphatic heterocycles. The number of nitrogens with two attached hydrogens (primary N) is 1. The molecule has 0 radical (unpaired) electrons. The summed E-state index contributed by atoms with van der Waals surface area (Å²) in [6.07, 6.45) is 1.77. The Morgan fingerprint density at radius 3 is 2.74 bits per heavy atom.